The summed E-state index contributed by atoms with van der Waals surface area (Å²) in [6, 6.07) is 1.20. The number of thioether (sulfide) groups is 1. The predicted octanol–water partition coefficient (Wildman–Crippen LogP) is 3.43. The zero-order valence-corrected chi connectivity index (χ0v) is 11.6. The maximum atomic E-state index is 4.95. The van der Waals surface area contributed by atoms with Crippen LogP contribution in [0.1, 0.15) is 52.9 Å². The van der Waals surface area contributed by atoms with Crippen LogP contribution in [0.15, 0.2) is 4.99 Å². The maximum absolute atomic E-state index is 4.95. The molecule has 2 atom stereocenters. The number of nitrogens with zero attached hydrogens (tertiary/aromatic N) is 1. The van der Waals surface area contributed by atoms with Crippen molar-refractivity contribution in [2.24, 2.45) is 10.4 Å². The van der Waals surface area contributed by atoms with Crippen LogP contribution in [0, 0.1) is 5.41 Å². The molecule has 1 aliphatic heterocycles. The Morgan fingerprint density at radius 1 is 1.44 bits per heavy atom. The van der Waals surface area contributed by atoms with Gasteiger partial charge in [0.2, 0.25) is 0 Å². The second-order valence-corrected chi connectivity index (χ2v) is 6.80. The molecule has 1 aliphatic carbocycles. The fraction of sp³-hybridized carbons (Fsp3) is 0.923. The van der Waals surface area contributed by atoms with Crippen molar-refractivity contribution >= 4 is 16.9 Å². The maximum Gasteiger partial charge on any atom is 0.157 e. The third kappa shape index (κ3) is 2.73. The van der Waals surface area contributed by atoms with Crippen molar-refractivity contribution < 1.29 is 0 Å². The van der Waals surface area contributed by atoms with Crippen molar-refractivity contribution in [2.45, 2.75) is 65.0 Å². The lowest BCUT2D eigenvalue weighted by Crippen LogP contribution is -2.38. The molecule has 0 spiro atoms. The van der Waals surface area contributed by atoms with Gasteiger partial charge in [-0.3, -0.25) is 4.99 Å². The molecule has 2 fully saturated rings. The van der Waals surface area contributed by atoms with Gasteiger partial charge in [0.05, 0.1) is 6.04 Å². The van der Waals surface area contributed by atoms with Gasteiger partial charge in [0.1, 0.15) is 0 Å². The number of aliphatic imine (C=N–C) groups is 1. The van der Waals surface area contributed by atoms with E-state index in [4.69, 9.17) is 4.99 Å². The van der Waals surface area contributed by atoms with E-state index in [0.717, 1.165) is 0 Å². The Hall–Kier alpha value is -0.180. The van der Waals surface area contributed by atoms with Crippen LogP contribution in [0.3, 0.4) is 0 Å². The number of hydrogen-bond donors (Lipinski definition) is 1. The fourth-order valence-corrected chi connectivity index (χ4v) is 3.70. The van der Waals surface area contributed by atoms with Crippen LogP contribution in [0.2, 0.25) is 0 Å². The molecular weight excluding hydrogens is 216 g/mol. The van der Waals surface area contributed by atoms with Gasteiger partial charge in [-0.25, -0.2) is 0 Å². The van der Waals surface area contributed by atoms with Gasteiger partial charge in [-0.05, 0) is 31.1 Å². The van der Waals surface area contributed by atoms with Crippen molar-refractivity contribution in [2.75, 3.05) is 5.75 Å². The number of hydrogen-bond acceptors (Lipinski definition) is 2. The lowest BCUT2D eigenvalue weighted by molar-refractivity contribution is 0.334. The van der Waals surface area contributed by atoms with E-state index in [1.807, 2.05) is 11.8 Å². The largest absolute Gasteiger partial charge is 0.362 e. The summed E-state index contributed by atoms with van der Waals surface area (Å²) in [5.74, 6) is 1.23. The van der Waals surface area contributed by atoms with Crippen LogP contribution < -0.4 is 5.32 Å². The number of amidine groups is 1. The van der Waals surface area contributed by atoms with E-state index >= 15 is 0 Å². The highest BCUT2D eigenvalue weighted by molar-refractivity contribution is 8.13. The molecule has 0 aromatic heterocycles. The van der Waals surface area contributed by atoms with Crippen LogP contribution >= 0.6 is 11.8 Å². The zero-order chi connectivity index (χ0) is 11.6. The highest BCUT2D eigenvalue weighted by Gasteiger charge is 2.34. The van der Waals surface area contributed by atoms with Crippen molar-refractivity contribution in [3.8, 4) is 0 Å². The van der Waals surface area contributed by atoms with Gasteiger partial charge in [-0.15, -0.1) is 0 Å². The summed E-state index contributed by atoms with van der Waals surface area (Å²) in [5, 5.41) is 4.79. The van der Waals surface area contributed by atoms with E-state index in [2.05, 4.69) is 26.1 Å². The monoisotopic (exact) mass is 240 g/mol. The average Bonchev–Trinajstić information content (AvgIpc) is 2.59. The highest BCUT2D eigenvalue weighted by atomic mass is 32.2. The Kier molecular flexibility index (Phi) is 3.83. The van der Waals surface area contributed by atoms with Gasteiger partial charge in [0, 0.05) is 11.8 Å². The van der Waals surface area contributed by atoms with Crippen molar-refractivity contribution in [3.05, 3.63) is 0 Å². The van der Waals surface area contributed by atoms with E-state index < -0.39 is 0 Å². The number of rotatable bonds is 2. The summed E-state index contributed by atoms with van der Waals surface area (Å²) < 4.78 is 0. The van der Waals surface area contributed by atoms with E-state index in [1.165, 1.54) is 43.0 Å². The molecular formula is C13H24N2S. The average molecular weight is 240 g/mol. The van der Waals surface area contributed by atoms with E-state index in [9.17, 15) is 0 Å². The van der Waals surface area contributed by atoms with Crippen LogP contribution in [-0.4, -0.2) is 23.0 Å². The molecule has 2 aliphatic rings. The Morgan fingerprint density at radius 3 is 2.88 bits per heavy atom. The molecule has 1 saturated heterocycles. The molecule has 2 rings (SSSR count). The first kappa shape index (κ1) is 12.3. The van der Waals surface area contributed by atoms with Crippen molar-refractivity contribution in [3.63, 3.8) is 0 Å². The lowest BCUT2D eigenvalue weighted by atomic mass is 9.88. The quantitative estimate of drug-likeness (QED) is 0.799. The van der Waals surface area contributed by atoms with Gasteiger partial charge < -0.3 is 5.32 Å². The predicted molar refractivity (Wildman–Crippen MR) is 73.1 cm³/mol. The minimum Gasteiger partial charge on any atom is -0.362 e. The first-order valence-electron chi connectivity index (χ1n) is 6.59. The Morgan fingerprint density at radius 2 is 2.25 bits per heavy atom. The molecule has 0 bridgehead atoms. The summed E-state index contributed by atoms with van der Waals surface area (Å²) in [6.07, 6.45) is 6.45. The van der Waals surface area contributed by atoms with Crippen molar-refractivity contribution in [1.29, 1.82) is 0 Å². The molecule has 2 nitrogen and oxygen atoms in total. The molecule has 0 aromatic rings. The van der Waals surface area contributed by atoms with Gasteiger partial charge in [-0.1, -0.05) is 39.0 Å². The summed E-state index contributed by atoms with van der Waals surface area (Å²) in [6.45, 7) is 6.98. The Labute approximate surface area is 104 Å². The van der Waals surface area contributed by atoms with E-state index in [1.54, 1.807) is 0 Å². The highest BCUT2D eigenvalue weighted by Crippen LogP contribution is 2.39. The second kappa shape index (κ2) is 4.99. The molecule has 0 radical (unpaired) electrons. The molecule has 16 heavy (non-hydrogen) atoms. The summed E-state index contributed by atoms with van der Waals surface area (Å²) in [4.78, 5) is 4.95. The Balaban J connectivity index is 2.00. The van der Waals surface area contributed by atoms with Gasteiger partial charge >= 0.3 is 0 Å². The molecule has 0 amide bonds. The minimum absolute atomic E-state index is 0.411. The Bertz CT molecular complexity index is 273. The summed E-state index contributed by atoms with van der Waals surface area (Å²) >= 11 is 1.91. The first-order valence-corrected chi connectivity index (χ1v) is 7.57. The molecule has 1 N–H and O–H groups in total. The standard InChI is InChI=1S/C13H24N2S/c1-4-10-7-9-16-12(14-10)15-11-6-5-8-13(11,2)3/h10-11H,4-9H2,1-3H3,(H,14,15). The molecule has 92 valence electrons. The summed E-state index contributed by atoms with van der Waals surface area (Å²) in [7, 11) is 0. The SMILES string of the molecule is CCC1CCSC(=NC2CCCC2(C)C)N1. The van der Waals surface area contributed by atoms with E-state index in [-0.39, 0.29) is 0 Å². The molecule has 1 heterocycles. The van der Waals surface area contributed by atoms with Crippen LogP contribution in [-0.2, 0) is 0 Å². The van der Waals surface area contributed by atoms with Gasteiger partial charge in [-0.2, -0.15) is 0 Å². The van der Waals surface area contributed by atoms with E-state index in [0.29, 0.717) is 17.5 Å². The van der Waals surface area contributed by atoms with Crippen LogP contribution in [0.5, 0.6) is 0 Å². The molecule has 3 heteroatoms. The molecule has 1 saturated carbocycles. The lowest BCUT2D eigenvalue weighted by Gasteiger charge is -2.28. The van der Waals surface area contributed by atoms with Crippen LogP contribution in [0.25, 0.3) is 0 Å². The minimum atomic E-state index is 0.411. The number of nitrogens with one attached hydrogen (secondary N) is 1. The van der Waals surface area contributed by atoms with Crippen LogP contribution in [0.4, 0.5) is 0 Å². The smallest absolute Gasteiger partial charge is 0.157 e. The van der Waals surface area contributed by atoms with Crippen molar-refractivity contribution in [1.82, 2.24) is 5.32 Å². The van der Waals surface area contributed by atoms with Gasteiger partial charge in [0.15, 0.2) is 5.17 Å². The second-order valence-electron chi connectivity index (χ2n) is 5.72. The fourth-order valence-electron chi connectivity index (χ4n) is 2.66. The van der Waals surface area contributed by atoms with Gasteiger partial charge in [0.25, 0.3) is 0 Å². The molecule has 0 aromatic carbocycles. The topological polar surface area (TPSA) is 24.4 Å². The molecule has 2 unspecified atom stereocenters. The third-order valence-corrected chi connectivity index (χ3v) is 4.94. The first-order chi connectivity index (χ1) is 7.62. The normalized spacial score (nSPS) is 36.3. The third-order valence-electron chi connectivity index (χ3n) is 4.00. The zero-order valence-electron chi connectivity index (χ0n) is 10.8. The summed E-state index contributed by atoms with van der Waals surface area (Å²) in [5.41, 5.74) is 0.411.